The van der Waals surface area contributed by atoms with Crippen molar-refractivity contribution in [3.8, 4) is 0 Å². The lowest BCUT2D eigenvalue weighted by Gasteiger charge is -2.20. The summed E-state index contributed by atoms with van der Waals surface area (Å²) in [6.45, 7) is 11.2. The third-order valence-corrected chi connectivity index (χ3v) is 3.60. The van der Waals surface area contributed by atoms with Gasteiger partial charge in [-0.05, 0) is 29.5 Å². The number of hydrogen-bond donors (Lipinski definition) is 1. The van der Waals surface area contributed by atoms with E-state index in [1.807, 2.05) is 6.26 Å². The monoisotopic (exact) mass is 275 g/mol. The molecule has 0 spiro atoms. The van der Waals surface area contributed by atoms with Gasteiger partial charge in [-0.3, -0.25) is 0 Å². The number of benzene rings is 1. The van der Waals surface area contributed by atoms with Crippen molar-refractivity contribution in [2.24, 2.45) is 0 Å². The quantitative estimate of drug-likeness (QED) is 0.843. The molecule has 1 aromatic carbocycles. The van der Waals surface area contributed by atoms with Crippen LogP contribution in [0.5, 0.6) is 0 Å². The average Bonchev–Trinajstić information content (AvgIpc) is 2.77. The number of nitrogens with one attached hydrogen (secondary N) is 1. The highest BCUT2D eigenvalue weighted by Gasteiger charge is 2.17. The highest BCUT2D eigenvalue weighted by Crippen LogP contribution is 2.31. The molecule has 0 atom stereocenters. The van der Waals surface area contributed by atoms with E-state index in [0.717, 1.165) is 25.3 Å². The van der Waals surface area contributed by atoms with Crippen molar-refractivity contribution in [3.63, 3.8) is 0 Å². The van der Waals surface area contributed by atoms with E-state index in [-0.39, 0.29) is 5.41 Å². The lowest BCUT2D eigenvalue weighted by Crippen LogP contribution is -2.18. The maximum atomic E-state index is 5.73. The minimum Gasteiger partial charge on any atom is -0.464 e. The molecule has 0 bridgehead atoms. The molecule has 0 fully saturated rings. The molecule has 0 amide bonds. The summed E-state index contributed by atoms with van der Waals surface area (Å²) in [5.74, 6) is 0. The number of ether oxygens (including phenoxy) is 1. The average molecular weight is 275 g/mol. The van der Waals surface area contributed by atoms with Crippen molar-refractivity contribution < 1.29 is 9.15 Å². The predicted octanol–water partition coefficient (Wildman–Crippen LogP) is 3.77. The Morgan fingerprint density at radius 3 is 2.65 bits per heavy atom. The van der Waals surface area contributed by atoms with Crippen LogP contribution >= 0.6 is 0 Å². The lowest BCUT2D eigenvalue weighted by molar-refractivity contribution is 0.199. The van der Waals surface area contributed by atoms with Gasteiger partial charge in [0.15, 0.2) is 0 Å². The fraction of sp³-hybridized carbons (Fsp3) is 0.529. The zero-order chi connectivity index (χ0) is 14.8. The zero-order valence-corrected chi connectivity index (χ0v) is 13.2. The molecule has 2 aromatic rings. The van der Waals surface area contributed by atoms with Crippen LogP contribution < -0.4 is 5.32 Å². The van der Waals surface area contributed by atoms with Crippen LogP contribution in [-0.2, 0) is 16.7 Å². The van der Waals surface area contributed by atoms with Crippen LogP contribution in [0.4, 0.5) is 0 Å². The van der Waals surface area contributed by atoms with Crippen molar-refractivity contribution in [3.05, 3.63) is 35.1 Å². The van der Waals surface area contributed by atoms with Gasteiger partial charge in [-0.2, -0.15) is 0 Å². The van der Waals surface area contributed by atoms with E-state index in [1.165, 1.54) is 22.1 Å². The SMILES string of the molecule is COCCNCc1coc2c(C)cc(C(C)(C)C)cc12. The van der Waals surface area contributed by atoms with Gasteiger partial charge in [0.05, 0.1) is 12.9 Å². The third kappa shape index (κ3) is 3.22. The second-order valence-corrected chi connectivity index (χ2v) is 6.35. The molecule has 110 valence electrons. The second kappa shape index (κ2) is 5.98. The Labute approximate surface area is 121 Å². The molecule has 20 heavy (non-hydrogen) atoms. The van der Waals surface area contributed by atoms with Crippen molar-refractivity contribution in [2.75, 3.05) is 20.3 Å². The van der Waals surface area contributed by atoms with E-state index in [2.05, 4.69) is 45.1 Å². The molecule has 2 rings (SSSR count). The van der Waals surface area contributed by atoms with Crippen LogP contribution in [0.3, 0.4) is 0 Å². The van der Waals surface area contributed by atoms with Crippen LogP contribution in [0, 0.1) is 6.92 Å². The van der Waals surface area contributed by atoms with Gasteiger partial charge < -0.3 is 14.5 Å². The standard InChI is InChI=1S/C17H25NO2/c1-12-8-14(17(2,3)4)9-15-13(11-20-16(12)15)10-18-6-7-19-5/h8-9,11,18H,6-7,10H2,1-5H3. The second-order valence-electron chi connectivity index (χ2n) is 6.35. The molecule has 0 aliphatic carbocycles. The molecule has 0 unspecified atom stereocenters. The first kappa shape index (κ1) is 15.1. The van der Waals surface area contributed by atoms with Crippen LogP contribution in [0.25, 0.3) is 11.0 Å². The fourth-order valence-corrected chi connectivity index (χ4v) is 2.33. The number of fused-ring (bicyclic) bond motifs is 1. The molecule has 1 N–H and O–H groups in total. The summed E-state index contributed by atoms with van der Waals surface area (Å²) in [6, 6.07) is 4.49. The number of rotatable bonds is 5. The van der Waals surface area contributed by atoms with Gasteiger partial charge in [-0.1, -0.05) is 26.8 Å². The van der Waals surface area contributed by atoms with Gasteiger partial charge >= 0.3 is 0 Å². The van der Waals surface area contributed by atoms with E-state index >= 15 is 0 Å². The van der Waals surface area contributed by atoms with Gasteiger partial charge in [0, 0.05) is 31.1 Å². The Morgan fingerprint density at radius 1 is 1.25 bits per heavy atom. The van der Waals surface area contributed by atoms with Crippen LogP contribution in [0.2, 0.25) is 0 Å². The number of methoxy groups -OCH3 is 1. The maximum absolute atomic E-state index is 5.73. The summed E-state index contributed by atoms with van der Waals surface area (Å²) in [5, 5.41) is 4.60. The molecule has 1 aromatic heterocycles. The van der Waals surface area contributed by atoms with Crippen LogP contribution in [0.15, 0.2) is 22.8 Å². The van der Waals surface area contributed by atoms with E-state index in [9.17, 15) is 0 Å². The Hall–Kier alpha value is -1.32. The minimum absolute atomic E-state index is 0.150. The molecule has 0 saturated carbocycles. The topological polar surface area (TPSA) is 34.4 Å². The smallest absolute Gasteiger partial charge is 0.137 e. The number of aryl methyl sites for hydroxylation is 1. The van der Waals surface area contributed by atoms with E-state index < -0.39 is 0 Å². The first-order chi connectivity index (χ1) is 9.43. The molecular weight excluding hydrogens is 250 g/mol. The third-order valence-electron chi connectivity index (χ3n) is 3.60. The minimum atomic E-state index is 0.150. The Bertz CT molecular complexity index is 578. The molecule has 1 heterocycles. The van der Waals surface area contributed by atoms with Gasteiger partial charge in [-0.15, -0.1) is 0 Å². The van der Waals surface area contributed by atoms with Gasteiger partial charge in [-0.25, -0.2) is 0 Å². The fourth-order valence-electron chi connectivity index (χ4n) is 2.33. The molecular formula is C17H25NO2. The van der Waals surface area contributed by atoms with E-state index in [1.54, 1.807) is 7.11 Å². The van der Waals surface area contributed by atoms with E-state index in [4.69, 9.17) is 9.15 Å². The summed E-state index contributed by atoms with van der Waals surface area (Å²) in [4.78, 5) is 0. The molecule has 3 heteroatoms. The van der Waals surface area contributed by atoms with Gasteiger partial charge in [0.2, 0.25) is 0 Å². The van der Waals surface area contributed by atoms with Gasteiger partial charge in [0.1, 0.15) is 5.58 Å². The molecule has 3 nitrogen and oxygen atoms in total. The summed E-state index contributed by atoms with van der Waals surface area (Å²) >= 11 is 0. The van der Waals surface area contributed by atoms with Crippen molar-refractivity contribution >= 4 is 11.0 Å². The summed E-state index contributed by atoms with van der Waals surface area (Å²) in [7, 11) is 1.72. The molecule has 0 aliphatic heterocycles. The predicted molar refractivity (Wildman–Crippen MR) is 83.2 cm³/mol. The largest absolute Gasteiger partial charge is 0.464 e. The molecule has 0 saturated heterocycles. The maximum Gasteiger partial charge on any atom is 0.137 e. The van der Waals surface area contributed by atoms with Crippen molar-refractivity contribution in [1.29, 1.82) is 0 Å². The van der Waals surface area contributed by atoms with Crippen molar-refractivity contribution in [1.82, 2.24) is 5.32 Å². The Balaban J connectivity index is 2.30. The molecule has 0 aliphatic rings. The summed E-state index contributed by atoms with van der Waals surface area (Å²) < 4.78 is 10.8. The lowest BCUT2D eigenvalue weighted by atomic mass is 9.85. The summed E-state index contributed by atoms with van der Waals surface area (Å²) in [6.07, 6.45) is 1.86. The molecule has 0 radical (unpaired) electrons. The summed E-state index contributed by atoms with van der Waals surface area (Å²) in [5.41, 5.74) is 4.92. The number of furan rings is 1. The highest BCUT2D eigenvalue weighted by molar-refractivity contribution is 5.84. The van der Waals surface area contributed by atoms with Crippen molar-refractivity contribution in [2.45, 2.75) is 39.7 Å². The Morgan fingerprint density at radius 2 is 2.00 bits per heavy atom. The first-order valence-corrected chi connectivity index (χ1v) is 7.14. The Kier molecular flexibility index (Phi) is 4.51. The van der Waals surface area contributed by atoms with Gasteiger partial charge in [0.25, 0.3) is 0 Å². The first-order valence-electron chi connectivity index (χ1n) is 7.14. The van der Waals surface area contributed by atoms with Crippen LogP contribution in [0.1, 0.15) is 37.5 Å². The highest BCUT2D eigenvalue weighted by atomic mass is 16.5. The van der Waals surface area contributed by atoms with E-state index in [0.29, 0.717) is 0 Å². The normalized spacial score (nSPS) is 12.2. The van der Waals surface area contributed by atoms with Crippen LogP contribution in [-0.4, -0.2) is 20.3 Å². The zero-order valence-electron chi connectivity index (χ0n) is 13.2. The number of hydrogen-bond acceptors (Lipinski definition) is 3.